The zero-order valence-corrected chi connectivity index (χ0v) is 17.2. The van der Waals surface area contributed by atoms with Crippen molar-refractivity contribution in [2.75, 3.05) is 13.7 Å². The van der Waals surface area contributed by atoms with E-state index in [9.17, 15) is 13.6 Å². The predicted molar refractivity (Wildman–Crippen MR) is 113 cm³/mol. The highest BCUT2D eigenvalue weighted by atomic mass is 32.1. The number of rotatable bonds is 3. The quantitative estimate of drug-likeness (QED) is 0.520. The molecule has 1 aliphatic heterocycles. The Hall–Kier alpha value is -3.59. The van der Waals surface area contributed by atoms with Gasteiger partial charge in [0.1, 0.15) is 23.6 Å². The highest BCUT2D eigenvalue weighted by Gasteiger charge is 2.23. The van der Waals surface area contributed by atoms with Gasteiger partial charge in [0.15, 0.2) is 11.6 Å². The van der Waals surface area contributed by atoms with Crippen molar-refractivity contribution in [3.63, 3.8) is 0 Å². The minimum Gasteiger partial charge on any atom is -0.493 e. The summed E-state index contributed by atoms with van der Waals surface area (Å²) < 4.78 is 34.9. The second-order valence-electron chi connectivity index (χ2n) is 6.94. The lowest BCUT2D eigenvalue weighted by Gasteiger charge is -2.09. The minimum atomic E-state index is -0.717. The van der Waals surface area contributed by atoms with E-state index < -0.39 is 11.6 Å². The number of hydrogen-bond donors (Lipinski definition) is 1. The van der Waals surface area contributed by atoms with E-state index >= 15 is 0 Å². The van der Waals surface area contributed by atoms with Gasteiger partial charge in [-0.2, -0.15) is 5.10 Å². The summed E-state index contributed by atoms with van der Waals surface area (Å²) in [5.41, 5.74) is 2.60. The van der Waals surface area contributed by atoms with Gasteiger partial charge in [-0.15, -0.1) is 11.3 Å². The van der Waals surface area contributed by atoms with Crippen molar-refractivity contribution < 1.29 is 18.3 Å². The topological polar surface area (TPSA) is 69.0 Å². The SMILES string of the molecule is CNC(=O)c1ccc2c(c1)OCCc1cc(-c3ncnn3-c3ccc(F)cc3F)sc1-2. The summed E-state index contributed by atoms with van der Waals surface area (Å²) in [6.45, 7) is 0.465. The number of amides is 1. The van der Waals surface area contributed by atoms with Gasteiger partial charge in [-0.25, -0.2) is 18.4 Å². The standard InChI is InChI=1S/C22H16F2N4O2S/c1-25-22(29)13-2-4-15-18(8-13)30-7-6-12-9-19(31-20(12)15)21-26-11-27-28(21)17-5-3-14(23)10-16(17)24/h2-5,8-11H,6-7H2,1H3,(H,25,29). The Morgan fingerprint density at radius 1 is 1.19 bits per heavy atom. The molecule has 0 unspecified atom stereocenters. The number of aromatic nitrogens is 3. The van der Waals surface area contributed by atoms with Crippen LogP contribution in [-0.4, -0.2) is 34.3 Å². The maximum atomic E-state index is 14.3. The Labute approximate surface area is 180 Å². The third-order valence-corrected chi connectivity index (χ3v) is 6.27. The summed E-state index contributed by atoms with van der Waals surface area (Å²) in [5, 5.41) is 6.75. The van der Waals surface area contributed by atoms with Crippen LogP contribution in [0.15, 0.2) is 48.8 Å². The Morgan fingerprint density at radius 2 is 2.06 bits per heavy atom. The fraction of sp³-hybridized carbons (Fsp3) is 0.136. The lowest BCUT2D eigenvalue weighted by Crippen LogP contribution is -2.17. The molecule has 156 valence electrons. The molecule has 0 aliphatic carbocycles. The van der Waals surface area contributed by atoms with Crippen molar-refractivity contribution in [3.8, 4) is 32.6 Å². The van der Waals surface area contributed by atoms with Crippen LogP contribution in [0, 0.1) is 11.6 Å². The Balaban J connectivity index is 1.60. The third kappa shape index (κ3) is 3.36. The first-order valence-electron chi connectivity index (χ1n) is 9.53. The fourth-order valence-electron chi connectivity index (χ4n) is 3.58. The molecular weight excluding hydrogens is 422 g/mol. The molecule has 4 aromatic rings. The largest absolute Gasteiger partial charge is 0.493 e. The molecule has 0 spiro atoms. The smallest absolute Gasteiger partial charge is 0.251 e. The third-order valence-electron chi connectivity index (χ3n) is 5.06. The van der Waals surface area contributed by atoms with Gasteiger partial charge in [0, 0.05) is 35.5 Å². The van der Waals surface area contributed by atoms with E-state index in [0.717, 1.165) is 26.9 Å². The molecule has 1 amide bonds. The molecular formula is C22H16F2N4O2S. The molecule has 2 aromatic carbocycles. The molecule has 0 saturated carbocycles. The van der Waals surface area contributed by atoms with E-state index in [-0.39, 0.29) is 11.6 Å². The predicted octanol–water partition coefficient (Wildman–Crippen LogP) is 4.24. The number of benzene rings is 2. The van der Waals surface area contributed by atoms with Crippen molar-refractivity contribution in [2.24, 2.45) is 0 Å². The zero-order chi connectivity index (χ0) is 21.5. The van der Waals surface area contributed by atoms with E-state index in [4.69, 9.17) is 4.74 Å². The van der Waals surface area contributed by atoms with E-state index in [0.29, 0.717) is 30.2 Å². The van der Waals surface area contributed by atoms with E-state index in [2.05, 4.69) is 15.4 Å². The molecule has 0 radical (unpaired) electrons. The first-order valence-corrected chi connectivity index (χ1v) is 10.3. The number of halogens is 2. The van der Waals surface area contributed by atoms with Crippen LogP contribution in [0.25, 0.3) is 26.8 Å². The number of fused-ring (bicyclic) bond motifs is 3. The Kier molecular flexibility index (Phi) is 4.74. The summed E-state index contributed by atoms with van der Waals surface area (Å²) in [6.07, 6.45) is 2.02. The Bertz CT molecular complexity index is 1310. The van der Waals surface area contributed by atoms with Gasteiger partial charge in [-0.05, 0) is 42.0 Å². The summed E-state index contributed by atoms with van der Waals surface area (Å²) in [6, 6.07) is 10.7. The highest BCUT2D eigenvalue weighted by molar-refractivity contribution is 7.19. The maximum absolute atomic E-state index is 14.3. The molecule has 0 fully saturated rings. The Morgan fingerprint density at radius 3 is 2.87 bits per heavy atom. The first kappa shape index (κ1) is 19.4. The number of nitrogens with zero attached hydrogens (tertiary/aromatic N) is 3. The summed E-state index contributed by atoms with van der Waals surface area (Å²) in [7, 11) is 1.58. The second kappa shape index (κ2) is 7.59. The van der Waals surface area contributed by atoms with Crippen molar-refractivity contribution >= 4 is 17.2 Å². The summed E-state index contributed by atoms with van der Waals surface area (Å²) >= 11 is 1.49. The van der Waals surface area contributed by atoms with Crippen LogP contribution in [-0.2, 0) is 6.42 Å². The lowest BCUT2D eigenvalue weighted by atomic mass is 10.1. The first-order chi connectivity index (χ1) is 15.0. The number of ether oxygens (including phenoxy) is 1. The molecule has 0 atom stereocenters. The van der Waals surface area contributed by atoms with Gasteiger partial charge in [0.25, 0.3) is 5.91 Å². The zero-order valence-electron chi connectivity index (χ0n) is 16.4. The molecule has 1 aliphatic rings. The van der Waals surface area contributed by atoms with Crippen molar-refractivity contribution in [1.82, 2.24) is 20.1 Å². The second-order valence-corrected chi connectivity index (χ2v) is 8.00. The van der Waals surface area contributed by atoms with Gasteiger partial charge in [-0.3, -0.25) is 4.79 Å². The van der Waals surface area contributed by atoms with Crippen molar-refractivity contribution in [3.05, 3.63) is 71.6 Å². The van der Waals surface area contributed by atoms with Crippen LogP contribution >= 0.6 is 11.3 Å². The average Bonchev–Trinajstić information content (AvgIpc) is 3.37. The van der Waals surface area contributed by atoms with Crippen LogP contribution < -0.4 is 10.1 Å². The van der Waals surface area contributed by atoms with E-state index in [1.807, 2.05) is 12.1 Å². The molecule has 2 aromatic heterocycles. The van der Waals surface area contributed by atoms with Crippen molar-refractivity contribution in [1.29, 1.82) is 0 Å². The number of carbonyl (C=O) groups excluding carboxylic acids is 1. The molecule has 0 bridgehead atoms. The normalized spacial score (nSPS) is 12.5. The lowest BCUT2D eigenvalue weighted by molar-refractivity contribution is 0.0962. The number of hydrogen-bond acceptors (Lipinski definition) is 5. The van der Waals surface area contributed by atoms with E-state index in [1.54, 1.807) is 19.2 Å². The van der Waals surface area contributed by atoms with Gasteiger partial charge < -0.3 is 10.1 Å². The van der Waals surface area contributed by atoms with Crippen LogP contribution in [0.5, 0.6) is 5.75 Å². The maximum Gasteiger partial charge on any atom is 0.251 e. The fourth-order valence-corrected chi connectivity index (χ4v) is 4.80. The monoisotopic (exact) mass is 438 g/mol. The van der Waals surface area contributed by atoms with E-state index in [1.165, 1.54) is 34.5 Å². The molecule has 9 heteroatoms. The highest BCUT2D eigenvalue weighted by Crippen LogP contribution is 2.44. The van der Waals surface area contributed by atoms with Gasteiger partial charge in [0.05, 0.1) is 11.5 Å². The summed E-state index contributed by atoms with van der Waals surface area (Å²) in [4.78, 5) is 18.1. The minimum absolute atomic E-state index is 0.122. The van der Waals surface area contributed by atoms with Crippen molar-refractivity contribution in [2.45, 2.75) is 6.42 Å². The molecule has 3 heterocycles. The average molecular weight is 438 g/mol. The van der Waals surface area contributed by atoms with Crippen LogP contribution in [0.1, 0.15) is 15.9 Å². The van der Waals surface area contributed by atoms with Crippen LogP contribution in [0.4, 0.5) is 8.78 Å². The number of carbonyl (C=O) groups is 1. The molecule has 6 nitrogen and oxygen atoms in total. The van der Waals surface area contributed by atoms with Gasteiger partial charge in [-0.1, -0.05) is 0 Å². The number of thiophene rings is 1. The molecule has 31 heavy (non-hydrogen) atoms. The van der Waals surface area contributed by atoms with Gasteiger partial charge in [0.2, 0.25) is 0 Å². The molecule has 5 rings (SSSR count). The number of nitrogens with one attached hydrogen (secondary N) is 1. The van der Waals surface area contributed by atoms with Gasteiger partial charge >= 0.3 is 0 Å². The summed E-state index contributed by atoms with van der Waals surface area (Å²) in [5.74, 6) is -0.451. The molecule has 1 N–H and O–H groups in total. The van der Waals surface area contributed by atoms with Crippen LogP contribution in [0.3, 0.4) is 0 Å². The molecule has 0 saturated heterocycles. The van der Waals surface area contributed by atoms with Crippen LogP contribution in [0.2, 0.25) is 0 Å².